The number of hydrogen-bond donors (Lipinski definition) is 1. The van der Waals surface area contributed by atoms with Crippen molar-refractivity contribution in [2.75, 3.05) is 0 Å². The highest BCUT2D eigenvalue weighted by molar-refractivity contribution is 9.10. The maximum Gasteiger partial charge on any atom is 0.372 e. The van der Waals surface area contributed by atoms with Crippen LogP contribution in [0.15, 0.2) is 27.1 Å². The van der Waals surface area contributed by atoms with Crippen LogP contribution in [0, 0.1) is 0 Å². The lowest BCUT2D eigenvalue weighted by atomic mass is 9.99. The number of benzene rings is 1. The van der Waals surface area contributed by atoms with Gasteiger partial charge >= 0.3 is 5.97 Å². The molecule has 3 nitrogen and oxygen atoms in total. The van der Waals surface area contributed by atoms with Gasteiger partial charge in [-0.3, -0.25) is 0 Å². The molecule has 0 bridgehead atoms. The van der Waals surface area contributed by atoms with Crippen molar-refractivity contribution in [2.24, 2.45) is 0 Å². The van der Waals surface area contributed by atoms with E-state index in [4.69, 9.17) is 9.52 Å². The van der Waals surface area contributed by atoms with Crippen molar-refractivity contribution < 1.29 is 14.3 Å². The predicted octanol–water partition coefficient (Wildman–Crippen LogP) is 4.02. The standard InChI is InChI=1S/C12H11BrO3/c1-6(2)10-8-5-7(13)3-4-9(8)16-11(10)12(14)15/h3-6H,1-2H3,(H,14,15). The Bertz CT molecular complexity index is 555. The molecule has 0 aliphatic rings. The molecule has 4 heteroatoms. The van der Waals surface area contributed by atoms with Gasteiger partial charge in [-0.15, -0.1) is 0 Å². The zero-order valence-electron chi connectivity index (χ0n) is 8.95. The first-order valence-corrected chi connectivity index (χ1v) is 5.75. The molecule has 2 aromatic rings. The average molecular weight is 283 g/mol. The summed E-state index contributed by atoms with van der Waals surface area (Å²) < 4.78 is 6.27. The van der Waals surface area contributed by atoms with E-state index in [0.29, 0.717) is 5.58 Å². The molecule has 0 fully saturated rings. The molecular formula is C12H11BrO3. The van der Waals surface area contributed by atoms with Crippen molar-refractivity contribution in [3.63, 3.8) is 0 Å². The SMILES string of the molecule is CC(C)c1c(C(=O)O)oc2ccc(Br)cc12. The third-order valence-electron chi connectivity index (χ3n) is 2.46. The number of rotatable bonds is 2. The molecule has 1 aromatic carbocycles. The first kappa shape index (κ1) is 11.2. The maximum absolute atomic E-state index is 11.1. The van der Waals surface area contributed by atoms with E-state index in [2.05, 4.69) is 15.9 Å². The molecule has 1 aromatic heterocycles. The first-order valence-electron chi connectivity index (χ1n) is 4.96. The van der Waals surface area contributed by atoms with Gasteiger partial charge < -0.3 is 9.52 Å². The van der Waals surface area contributed by atoms with Gasteiger partial charge in [-0.25, -0.2) is 4.79 Å². The molecule has 0 radical (unpaired) electrons. The number of halogens is 1. The van der Waals surface area contributed by atoms with Gasteiger partial charge in [-0.1, -0.05) is 29.8 Å². The Hall–Kier alpha value is -1.29. The Labute approximate surface area is 101 Å². The molecule has 1 N–H and O–H groups in total. The van der Waals surface area contributed by atoms with E-state index in [-0.39, 0.29) is 11.7 Å². The van der Waals surface area contributed by atoms with Crippen molar-refractivity contribution in [2.45, 2.75) is 19.8 Å². The molecule has 0 atom stereocenters. The summed E-state index contributed by atoms with van der Waals surface area (Å²) in [7, 11) is 0. The van der Waals surface area contributed by atoms with E-state index in [0.717, 1.165) is 15.4 Å². The second kappa shape index (κ2) is 3.94. The second-order valence-electron chi connectivity index (χ2n) is 3.95. The molecule has 0 aliphatic heterocycles. The number of aromatic carboxylic acids is 1. The molecule has 0 unspecified atom stereocenters. The van der Waals surface area contributed by atoms with E-state index in [1.165, 1.54) is 0 Å². The van der Waals surface area contributed by atoms with E-state index in [1.54, 1.807) is 6.07 Å². The van der Waals surface area contributed by atoms with Crippen molar-refractivity contribution in [3.8, 4) is 0 Å². The fourth-order valence-corrected chi connectivity index (χ4v) is 2.18. The molecule has 16 heavy (non-hydrogen) atoms. The fraction of sp³-hybridized carbons (Fsp3) is 0.250. The number of carboxylic acids is 1. The summed E-state index contributed by atoms with van der Waals surface area (Å²) in [6.45, 7) is 3.91. The van der Waals surface area contributed by atoms with Gasteiger partial charge in [0.05, 0.1) is 0 Å². The Morgan fingerprint density at radius 3 is 2.69 bits per heavy atom. The Morgan fingerprint density at radius 2 is 2.12 bits per heavy atom. The topological polar surface area (TPSA) is 50.4 Å². The quantitative estimate of drug-likeness (QED) is 0.905. The smallest absolute Gasteiger partial charge is 0.372 e. The average Bonchev–Trinajstić information content (AvgIpc) is 2.55. The monoisotopic (exact) mass is 282 g/mol. The van der Waals surface area contributed by atoms with Crippen LogP contribution in [0.25, 0.3) is 11.0 Å². The summed E-state index contributed by atoms with van der Waals surface area (Å²) in [6, 6.07) is 5.50. The predicted molar refractivity (Wildman–Crippen MR) is 65.0 cm³/mol. The van der Waals surface area contributed by atoms with Gasteiger partial charge in [0.1, 0.15) is 5.58 Å². The Kier molecular flexibility index (Phi) is 2.76. The fourth-order valence-electron chi connectivity index (χ4n) is 1.82. The van der Waals surface area contributed by atoms with Crippen LogP contribution in [-0.2, 0) is 0 Å². The zero-order chi connectivity index (χ0) is 11.9. The molecule has 84 valence electrons. The van der Waals surface area contributed by atoms with Crippen LogP contribution in [0.2, 0.25) is 0 Å². The van der Waals surface area contributed by atoms with Crippen molar-refractivity contribution in [1.29, 1.82) is 0 Å². The number of carboxylic acid groups (broad SMARTS) is 1. The molecule has 0 aliphatic carbocycles. The number of furan rings is 1. The second-order valence-corrected chi connectivity index (χ2v) is 4.86. The summed E-state index contributed by atoms with van der Waals surface area (Å²) in [5, 5.41) is 9.94. The minimum atomic E-state index is -1.02. The van der Waals surface area contributed by atoms with Gasteiger partial charge in [0, 0.05) is 15.4 Å². The Balaban J connectivity index is 2.82. The van der Waals surface area contributed by atoms with E-state index in [9.17, 15) is 4.79 Å². The summed E-state index contributed by atoms with van der Waals surface area (Å²) in [6.07, 6.45) is 0. The highest BCUT2D eigenvalue weighted by atomic mass is 79.9. The highest BCUT2D eigenvalue weighted by Gasteiger charge is 2.21. The normalized spacial score (nSPS) is 11.2. The summed E-state index contributed by atoms with van der Waals surface area (Å²) >= 11 is 3.37. The van der Waals surface area contributed by atoms with Crippen LogP contribution < -0.4 is 0 Å². The van der Waals surface area contributed by atoms with Crippen LogP contribution in [0.4, 0.5) is 0 Å². The van der Waals surface area contributed by atoms with Gasteiger partial charge in [-0.2, -0.15) is 0 Å². The van der Waals surface area contributed by atoms with Crippen molar-refractivity contribution in [3.05, 3.63) is 34.0 Å². The molecular weight excluding hydrogens is 272 g/mol. The highest BCUT2D eigenvalue weighted by Crippen LogP contribution is 2.33. The first-order chi connectivity index (χ1) is 7.50. The zero-order valence-corrected chi connectivity index (χ0v) is 10.5. The van der Waals surface area contributed by atoms with E-state index >= 15 is 0 Å². The van der Waals surface area contributed by atoms with Gasteiger partial charge in [-0.05, 0) is 24.1 Å². The van der Waals surface area contributed by atoms with E-state index in [1.807, 2.05) is 26.0 Å². The van der Waals surface area contributed by atoms with Crippen LogP contribution in [0.3, 0.4) is 0 Å². The molecule has 2 rings (SSSR count). The van der Waals surface area contributed by atoms with Crippen molar-refractivity contribution >= 4 is 32.9 Å². The summed E-state index contributed by atoms with van der Waals surface area (Å²) in [4.78, 5) is 11.1. The minimum absolute atomic E-state index is 0.0445. The molecule has 1 heterocycles. The van der Waals surface area contributed by atoms with Crippen LogP contribution in [-0.4, -0.2) is 11.1 Å². The minimum Gasteiger partial charge on any atom is -0.475 e. The number of carbonyl (C=O) groups is 1. The third kappa shape index (κ3) is 1.73. The van der Waals surface area contributed by atoms with Gasteiger partial charge in [0.25, 0.3) is 0 Å². The molecule has 0 saturated carbocycles. The summed E-state index contributed by atoms with van der Waals surface area (Å²) in [5.74, 6) is -0.860. The number of hydrogen-bond acceptors (Lipinski definition) is 2. The summed E-state index contributed by atoms with van der Waals surface area (Å²) in [5.41, 5.74) is 1.37. The number of fused-ring (bicyclic) bond motifs is 1. The lowest BCUT2D eigenvalue weighted by molar-refractivity contribution is 0.0663. The molecule has 0 spiro atoms. The van der Waals surface area contributed by atoms with Crippen molar-refractivity contribution in [1.82, 2.24) is 0 Å². The molecule has 0 amide bonds. The maximum atomic E-state index is 11.1. The third-order valence-corrected chi connectivity index (χ3v) is 2.95. The van der Waals surface area contributed by atoms with Crippen LogP contribution in [0.1, 0.15) is 35.9 Å². The Morgan fingerprint density at radius 1 is 1.44 bits per heavy atom. The van der Waals surface area contributed by atoms with Gasteiger partial charge in [0.2, 0.25) is 5.76 Å². The lowest BCUT2D eigenvalue weighted by Crippen LogP contribution is -2.00. The molecule has 0 saturated heterocycles. The van der Waals surface area contributed by atoms with E-state index < -0.39 is 5.97 Å². The van der Waals surface area contributed by atoms with Crippen LogP contribution >= 0.6 is 15.9 Å². The lowest BCUT2D eigenvalue weighted by Gasteiger charge is -2.03. The van der Waals surface area contributed by atoms with Crippen LogP contribution in [0.5, 0.6) is 0 Å². The van der Waals surface area contributed by atoms with Gasteiger partial charge in [0.15, 0.2) is 0 Å². The largest absolute Gasteiger partial charge is 0.475 e.